The number of nitrogens with one attached hydrogen (secondary N) is 2. The molecular weight excluding hydrogens is 541 g/mol. The minimum atomic E-state index is -3.70. The predicted molar refractivity (Wildman–Crippen MR) is 163 cm³/mol. The zero-order valence-corrected chi connectivity index (χ0v) is 24.6. The fourth-order valence-electron chi connectivity index (χ4n) is 4.35. The molecule has 0 aliphatic rings. The number of hydrogen-bond acceptors (Lipinski definition) is 7. The van der Waals surface area contributed by atoms with Gasteiger partial charge in [-0.1, -0.05) is 62.9 Å². The molecule has 2 aromatic heterocycles. The molecule has 9 heteroatoms. The highest BCUT2D eigenvalue weighted by atomic mass is 32.2. The zero-order chi connectivity index (χ0) is 28.2. The van der Waals surface area contributed by atoms with E-state index in [2.05, 4.69) is 26.9 Å². The molecule has 4 rings (SSSR count). The Morgan fingerprint density at radius 2 is 1.70 bits per heavy atom. The van der Waals surface area contributed by atoms with Crippen molar-refractivity contribution in [1.82, 2.24) is 15.3 Å². The number of benzene rings is 2. The van der Waals surface area contributed by atoms with Crippen molar-refractivity contribution in [2.45, 2.75) is 62.9 Å². The standard InChI is InChI=1S/C31H38N4O3S2/c1-2-3-4-5-6-9-31-34-23-30(39-31)25-12-16-28(17-13-25)40(37,38)35-27-14-10-24(11-15-27)18-20-33-22-29(36)26-8-7-19-32-21-26/h7-8,10-17,19,21,23,29,33,35-36H,2-6,9,18,20,22H2,1H3. The summed E-state index contributed by atoms with van der Waals surface area (Å²) < 4.78 is 28.6. The fraction of sp³-hybridized carbons (Fsp3) is 0.355. The zero-order valence-electron chi connectivity index (χ0n) is 22.9. The first-order valence-electron chi connectivity index (χ1n) is 13.9. The summed E-state index contributed by atoms with van der Waals surface area (Å²) in [5.41, 5.74) is 3.33. The van der Waals surface area contributed by atoms with Crippen molar-refractivity contribution in [2.75, 3.05) is 17.8 Å². The van der Waals surface area contributed by atoms with Crippen LogP contribution in [0, 0.1) is 0 Å². The second-order valence-corrected chi connectivity index (χ2v) is 12.7. The molecule has 0 amide bonds. The minimum Gasteiger partial charge on any atom is -0.387 e. The molecule has 0 spiro atoms. The number of rotatable bonds is 16. The van der Waals surface area contributed by atoms with E-state index >= 15 is 0 Å². The lowest BCUT2D eigenvalue weighted by Crippen LogP contribution is -2.23. The van der Waals surface area contributed by atoms with E-state index in [1.165, 1.54) is 25.7 Å². The van der Waals surface area contributed by atoms with Crippen LogP contribution in [-0.4, -0.2) is 36.6 Å². The number of sulfonamides is 1. The Bertz CT molecular complexity index is 1410. The molecule has 40 heavy (non-hydrogen) atoms. The monoisotopic (exact) mass is 578 g/mol. The van der Waals surface area contributed by atoms with Crippen molar-refractivity contribution in [1.29, 1.82) is 0 Å². The Labute approximate surface area is 241 Å². The van der Waals surface area contributed by atoms with Gasteiger partial charge in [-0.05, 0) is 67.3 Å². The normalized spacial score (nSPS) is 12.3. The van der Waals surface area contributed by atoms with Gasteiger partial charge in [-0.15, -0.1) is 11.3 Å². The molecule has 2 heterocycles. The van der Waals surface area contributed by atoms with Crippen molar-refractivity contribution >= 4 is 27.0 Å². The molecule has 0 fully saturated rings. The van der Waals surface area contributed by atoms with Crippen LogP contribution in [0.2, 0.25) is 0 Å². The predicted octanol–water partition coefficient (Wildman–Crippen LogP) is 6.38. The van der Waals surface area contributed by atoms with Crippen LogP contribution in [0.4, 0.5) is 5.69 Å². The lowest BCUT2D eigenvalue weighted by atomic mass is 10.1. The summed E-state index contributed by atoms with van der Waals surface area (Å²) in [5, 5.41) is 14.6. The lowest BCUT2D eigenvalue weighted by molar-refractivity contribution is 0.174. The number of aromatic nitrogens is 2. The summed E-state index contributed by atoms with van der Waals surface area (Å²) in [7, 11) is -3.70. The molecule has 3 N–H and O–H groups in total. The van der Waals surface area contributed by atoms with Gasteiger partial charge in [0.15, 0.2) is 0 Å². The maximum atomic E-state index is 13.0. The molecule has 0 saturated carbocycles. The van der Waals surface area contributed by atoms with Crippen LogP contribution >= 0.6 is 11.3 Å². The van der Waals surface area contributed by atoms with E-state index in [1.807, 2.05) is 36.5 Å². The summed E-state index contributed by atoms with van der Waals surface area (Å²) in [6, 6.07) is 18.0. The van der Waals surface area contributed by atoms with Gasteiger partial charge in [0.1, 0.15) is 0 Å². The SMILES string of the molecule is CCCCCCCc1ncc(-c2ccc(S(=O)(=O)Nc3ccc(CCNCC(O)c4cccnc4)cc3)cc2)s1. The van der Waals surface area contributed by atoms with Gasteiger partial charge >= 0.3 is 0 Å². The lowest BCUT2D eigenvalue weighted by Gasteiger charge is -2.12. The van der Waals surface area contributed by atoms with Crippen molar-refractivity contribution in [2.24, 2.45) is 0 Å². The number of pyridine rings is 1. The Hall–Kier alpha value is -3.11. The van der Waals surface area contributed by atoms with Gasteiger partial charge in [0.2, 0.25) is 0 Å². The molecule has 2 aromatic carbocycles. The van der Waals surface area contributed by atoms with E-state index in [0.29, 0.717) is 18.8 Å². The summed E-state index contributed by atoms with van der Waals surface area (Å²) in [4.78, 5) is 9.86. The van der Waals surface area contributed by atoms with E-state index in [1.54, 1.807) is 54.1 Å². The summed E-state index contributed by atoms with van der Waals surface area (Å²) in [6.07, 6.45) is 12.6. The highest BCUT2D eigenvalue weighted by Gasteiger charge is 2.15. The molecule has 212 valence electrons. The Morgan fingerprint density at radius 3 is 2.42 bits per heavy atom. The molecule has 0 bridgehead atoms. The van der Waals surface area contributed by atoms with E-state index in [-0.39, 0.29) is 4.90 Å². The highest BCUT2D eigenvalue weighted by Crippen LogP contribution is 2.28. The molecule has 0 radical (unpaired) electrons. The molecule has 0 aliphatic heterocycles. The van der Waals surface area contributed by atoms with Gasteiger partial charge < -0.3 is 10.4 Å². The van der Waals surface area contributed by atoms with E-state index in [4.69, 9.17) is 0 Å². The first-order valence-corrected chi connectivity index (χ1v) is 16.2. The largest absolute Gasteiger partial charge is 0.387 e. The summed E-state index contributed by atoms with van der Waals surface area (Å²) in [5.74, 6) is 0. The minimum absolute atomic E-state index is 0.220. The van der Waals surface area contributed by atoms with Gasteiger partial charge in [0.05, 0.1) is 20.9 Å². The Balaban J connectivity index is 1.24. The molecule has 0 aliphatic carbocycles. The van der Waals surface area contributed by atoms with Gasteiger partial charge in [-0.2, -0.15) is 0 Å². The average molecular weight is 579 g/mol. The Morgan fingerprint density at radius 1 is 0.925 bits per heavy atom. The third kappa shape index (κ3) is 8.96. The fourth-order valence-corrected chi connectivity index (χ4v) is 6.38. The summed E-state index contributed by atoms with van der Waals surface area (Å²) in [6.45, 7) is 3.35. The highest BCUT2D eigenvalue weighted by molar-refractivity contribution is 7.92. The number of aryl methyl sites for hydroxylation is 1. The number of nitrogens with zero attached hydrogens (tertiary/aromatic N) is 2. The first kappa shape index (κ1) is 29.9. The van der Waals surface area contributed by atoms with Gasteiger partial charge in [0.25, 0.3) is 10.0 Å². The quantitative estimate of drug-likeness (QED) is 0.133. The van der Waals surface area contributed by atoms with Crippen LogP contribution in [0.3, 0.4) is 0 Å². The summed E-state index contributed by atoms with van der Waals surface area (Å²) >= 11 is 1.68. The number of hydrogen-bond donors (Lipinski definition) is 3. The van der Waals surface area contributed by atoms with Crippen LogP contribution in [0.15, 0.2) is 84.1 Å². The number of unbranched alkanes of at least 4 members (excludes halogenated alkanes) is 4. The second-order valence-electron chi connectivity index (χ2n) is 9.87. The second kappa shape index (κ2) is 15.0. The molecule has 7 nitrogen and oxygen atoms in total. The number of aliphatic hydroxyl groups is 1. The van der Waals surface area contributed by atoms with Crippen molar-refractivity contribution in [3.05, 3.63) is 95.4 Å². The van der Waals surface area contributed by atoms with E-state index in [9.17, 15) is 13.5 Å². The maximum Gasteiger partial charge on any atom is 0.261 e. The molecule has 0 saturated heterocycles. The van der Waals surface area contributed by atoms with Crippen molar-refractivity contribution in [3.8, 4) is 10.4 Å². The maximum absolute atomic E-state index is 13.0. The van der Waals surface area contributed by atoms with Crippen LogP contribution in [0.1, 0.15) is 61.3 Å². The molecule has 4 aromatic rings. The number of anilines is 1. The topological polar surface area (TPSA) is 104 Å². The van der Waals surface area contributed by atoms with Crippen molar-refractivity contribution < 1.29 is 13.5 Å². The van der Waals surface area contributed by atoms with Crippen molar-refractivity contribution in [3.63, 3.8) is 0 Å². The third-order valence-electron chi connectivity index (χ3n) is 6.70. The molecule has 1 atom stereocenters. The van der Waals surface area contributed by atoms with E-state index < -0.39 is 16.1 Å². The first-order chi connectivity index (χ1) is 19.4. The van der Waals surface area contributed by atoms with E-state index in [0.717, 1.165) is 45.8 Å². The van der Waals surface area contributed by atoms with Gasteiger partial charge in [-0.25, -0.2) is 13.4 Å². The third-order valence-corrected chi connectivity index (χ3v) is 9.20. The van der Waals surface area contributed by atoms with Crippen LogP contribution in [0.5, 0.6) is 0 Å². The van der Waals surface area contributed by atoms with Gasteiger partial charge in [-0.3, -0.25) is 9.71 Å². The molecule has 1 unspecified atom stereocenters. The number of thiazole rings is 1. The Kier molecular flexibility index (Phi) is 11.2. The van der Waals surface area contributed by atoms with Gasteiger partial charge in [0, 0.05) is 36.4 Å². The average Bonchev–Trinajstić information content (AvgIpc) is 3.45. The van der Waals surface area contributed by atoms with Crippen LogP contribution in [-0.2, 0) is 22.9 Å². The van der Waals surface area contributed by atoms with Crippen LogP contribution < -0.4 is 10.0 Å². The smallest absolute Gasteiger partial charge is 0.261 e. The molecular formula is C31H38N4O3S2. The number of aliphatic hydroxyl groups excluding tert-OH is 1. The van der Waals surface area contributed by atoms with Crippen LogP contribution in [0.25, 0.3) is 10.4 Å².